The summed E-state index contributed by atoms with van der Waals surface area (Å²) in [5.41, 5.74) is 0. The second kappa shape index (κ2) is 5.01. The van der Waals surface area contributed by atoms with E-state index < -0.39 is 0 Å². The minimum absolute atomic E-state index is 0.0937. The van der Waals surface area contributed by atoms with E-state index in [1.807, 2.05) is 0 Å². The van der Waals surface area contributed by atoms with Crippen molar-refractivity contribution in [3.05, 3.63) is 0 Å². The van der Waals surface area contributed by atoms with Gasteiger partial charge in [-0.3, -0.25) is 4.90 Å². The summed E-state index contributed by atoms with van der Waals surface area (Å²) in [6.07, 6.45) is 2.13. The number of hydrogen-bond donors (Lipinski definition) is 1. The average molecular weight is 228 g/mol. The van der Waals surface area contributed by atoms with E-state index in [0.29, 0.717) is 6.04 Å². The fourth-order valence-electron chi connectivity index (χ4n) is 2.66. The van der Waals surface area contributed by atoms with Crippen LogP contribution in [0.5, 0.6) is 0 Å². The largest absolute Gasteiger partial charge is 0.447 e. The van der Waals surface area contributed by atoms with E-state index >= 15 is 0 Å². The van der Waals surface area contributed by atoms with Crippen LogP contribution in [0.4, 0.5) is 4.79 Å². The molecule has 1 N–H and O–H groups in total. The molecule has 1 amide bonds. The summed E-state index contributed by atoms with van der Waals surface area (Å²) in [5, 5.41) is 8.63. The standard InChI is InChI=1S/C11H20N2O3/c1-9-7-12-4-2-3-10(12)8-13(9)11(15)16-6-5-14/h9-10,14H,2-8H2,1H3. The molecule has 2 heterocycles. The van der Waals surface area contributed by atoms with Crippen LogP contribution in [-0.4, -0.2) is 65.9 Å². The molecule has 2 rings (SSSR count). The first kappa shape index (κ1) is 11.7. The van der Waals surface area contributed by atoms with Crippen LogP contribution in [0.2, 0.25) is 0 Å². The number of amides is 1. The molecule has 2 fully saturated rings. The van der Waals surface area contributed by atoms with Gasteiger partial charge in [-0.05, 0) is 26.3 Å². The second-order valence-electron chi connectivity index (χ2n) is 4.63. The Hall–Kier alpha value is -0.810. The maximum atomic E-state index is 11.7. The zero-order valence-corrected chi connectivity index (χ0v) is 9.76. The lowest BCUT2D eigenvalue weighted by molar-refractivity contribution is 0.0316. The molecule has 2 atom stereocenters. The van der Waals surface area contributed by atoms with Gasteiger partial charge in [0, 0.05) is 25.2 Å². The Kier molecular flexibility index (Phi) is 3.66. The second-order valence-corrected chi connectivity index (χ2v) is 4.63. The van der Waals surface area contributed by atoms with E-state index in [0.717, 1.165) is 19.6 Å². The van der Waals surface area contributed by atoms with Gasteiger partial charge >= 0.3 is 6.09 Å². The van der Waals surface area contributed by atoms with Crippen LogP contribution in [0.3, 0.4) is 0 Å². The predicted molar refractivity (Wildman–Crippen MR) is 59.2 cm³/mol. The molecule has 16 heavy (non-hydrogen) atoms. The molecule has 0 aliphatic carbocycles. The van der Waals surface area contributed by atoms with E-state index in [1.165, 1.54) is 12.8 Å². The third-order valence-electron chi connectivity index (χ3n) is 3.49. The lowest BCUT2D eigenvalue weighted by Gasteiger charge is -2.41. The van der Waals surface area contributed by atoms with Crippen LogP contribution in [0.15, 0.2) is 0 Å². The first-order chi connectivity index (χ1) is 7.72. The highest BCUT2D eigenvalue weighted by Crippen LogP contribution is 2.24. The van der Waals surface area contributed by atoms with E-state index in [2.05, 4.69) is 11.8 Å². The molecule has 0 aromatic heterocycles. The summed E-state index contributed by atoms with van der Waals surface area (Å²) in [5.74, 6) is 0. The van der Waals surface area contributed by atoms with E-state index in [4.69, 9.17) is 9.84 Å². The summed E-state index contributed by atoms with van der Waals surface area (Å²) < 4.78 is 4.97. The maximum absolute atomic E-state index is 11.7. The minimum atomic E-state index is -0.284. The van der Waals surface area contributed by atoms with Crippen LogP contribution >= 0.6 is 0 Å². The molecule has 0 spiro atoms. The van der Waals surface area contributed by atoms with Crippen LogP contribution in [0.1, 0.15) is 19.8 Å². The molecule has 0 saturated carbocycles. The summed E-state index contributed by atoms with van der Waals surface area (Å²) >= 11 is 0. The Morgan fingerprint density at radius 1 is 1.50 bits per heavy atom. The van der Waals surface area contributed by atoms with Gasteiger partial charge in [-0.15, -0.1) is 0 Å². The molecule has 0 aromatic carbocycles. The number of aliphatic hydroxyl groups is 1. The van der Waals surface area contributed by atoms with Crippen molar-refractivity contribution in [1.82, 2.24) is 9.80 Å². The molecule has 0 radical (unpaired) electrons. The van der Waals surface area contributed by atoms with Gasteiger partial charge in [-0.1, -0.05) is 0 Å². The molecule has 2 saturated heterocycles. The molecular weight excluding hydrogens is 208 g/mol. The van der Waals surface area contributed by atoms with Gasteiger partial charge in [0.05, 0.1) is 6.61 Å². The van der Waals surface area contributed by atoms with Crippen molar-refractivity contribution >= 4 is 6.09 Å². The van der Waals surface area contributed by atoms with Crippen LogP contribution in [0, 0.1) is 0 Å². The van der Waals surface area contributed by atoms with E-state index in [1.54, 1.807) is 4.90 Å². The zero-order chi connectivity index (χ0) is 11.5. The van der Waals surface area contributed by atoms with Gasteiger partial charge in [-0.2, -0.15) is 0 Å². The van der Waals surface area contributed by atoms with Gasteiger partial charge < -0.3 is 14.7 Å². The molecular formula is C11H20N2O3. The topological polar surface area (TPSA) is 53.0 Å². The van der Waals surface area contributed by atoms with Crippen LogP contribution < -0.4 is 0 Å². The number of nitrogens with zero attached hydrogens (tertiary/aromatic N) is 2. The van der Waals surface area contributed by atoms with Crippen LogP contribution in [0.25, 0.3) is 0 Å². The van der Waals surface area contributed by atoms with Crippen molar-refractivity contribution in [3.8, 4) is 0 Å². The Labute approximate surface area is 96.0 Å². The summed E-state index contributed by atoms with van der Waals surface area (Å²) in [6, 6.07) is 0.721. The lowest BCUT2D eigenvalue weighted by atomic mass is 10.1. The van der Waals surface area contributed by atoms with Gasteiger partial charge in [0.1, 0.15) is 6.61 Å². The molecule has 0 bridgehead atoms. The maximum Gasteiger partial charge on any atom is 0.410 e. The number of carbonyl (C=O) groups excluding carboxylic acids is 1. The molecule has 2 unspecified atom stereocenters. The highest BCUT2D eigenvalue weighted by molar-refractivity contribution is 5.68. The average Bonchev–Trinajstić information content (AvgIpc) is 2.71. The summed E-state index contributed by atoms with van der Waals surface area (Å²) in [7, 11) is 0. The van der Waals surface area contributed by atoms with Crippen molar-refractivity contribution < 1.29 is 14.6 Å². The van der Waals surface area contributed by atoms with Crippen molar-refractivity contribution in [2.75, 3.05) is 32.8 Å². The Morgan fingerprint density at radius 3 is 3.06 bits per heavy atom. The highest BCUT2D eigenvalue weighted by Gasteiger charge is 2.36. The number of hydrogen-bond acceptors (Lipinski definition) is 4. The van der Waals surface area contributed by atoms with Gasteiger partial charge in [0.15, 0.2) is 0 Å². The summed E-state index contributed by atoms with van der Waals surface area (Å²) in [4.78, 5) is 16.0. The zero-order valence-electron chi connectivity index (χ0n) is 9.76. The Bertz CT molecular complexity index is 260. The molecule has 5 heteroatoms. The number of piperazine rings is 1. The van der Waals surface area contributed by atoms with E-state index in [9.17, 15) is 4.79 Å². The molecule has 2 aliphatic rings. The Morgan fingerprint density at radius 2 is 2.31 bits per heavy atom. The number of carbonyl (C=O) groups is 1. The number of aliphatic hydroxyl groups excluding tert-OH is 1. The third kappa shape index (κ3) is 2.30. The van der Waals surface area contributed by atoms with Crippen molar-refractivity contribution in [1.29, 1.82) is 0 Å². The fourth-order valence-corrected chi connectivity index (χ4v) is 2.66. The number of ether oxygens (including phenoxy) is 1. The number of rotatable bonds is 2. The normalized spacial score (nSPS) is 30.2. The first-order valence-electron chi connectivity index (χ1n) is 6.00. The van der Waals surface area contributed by atoms with Crippen molar-refractivity contribution in [2.45, 2.75) is 31.8 Å². The molecule has 92 valence electrons. The number of fused-ring (bicyclic) bond motifs is 1. The minimum Gasteiger partial charge on any atom is -0.447 e. The lowest BCUT2D eigenvalue weighted by Crippen LogP contribution is -2.56. The Balaban J connectivity index is 1.91. The quantitative estimate of drug-likeness (QED) is 0.738. The molecule has 2 aliphatic heterocycles. The molecule has 5 nitrogen and oxygen atoms in total. The first-order valence-corrected chi connectivity index (χ1v) is 6.00. The van der Waals surface area contributed by atoms with Gasteiger partial charge in [-0.25, -0.2) is 4.79 Å². The SMILES string of the molecule is CC1CN2CCCC2CN1C(=O)OCCO. The summed E-state index contributed by atoms with van der Waals surface area (Å²) in [6.45, 7) is 4.91. The monoisotopic (exact) mass is 228 g/mol. The third-order valence-corrected chi connectivity index (χ3v) is 3.49. The predicted octanol–water partition coefficient (Wildman–Crippen LogP) is 0.284. The highest BCUT2D eigenvalue weighted by atomic mass is 16.6. The smallest absolute Gasteiger partial charge is 0.410 e. The van der Waals surface area contributed by atoms with Gasteiger partial charge in [0.25, 0.3) is 0 Å². The van der Waals surface area contributed by atoms with Crippen LogP contribution in [-0.2, 0) is 4.74 Å². The van der Waals surface area contributed by atoms with Crippen molar-refractivity contribution in [2.24, 2.45) is 0 Å². The van der Waals surface area contributed by atoms with Gasteiger partial charge in [0.2, 0.25) is 0 Å². The fraction of sp³-hybridized carbons (Fsp3) is 0.909. The van der Waals surface area contributed by atoms with Crippen molar-refractivity contribution in [3.63, 3.8) is 0 Å². The molecule has 0 aromatic rings. The van der Waals surface area contributed by atoms with E-state index in [-0.39, 0.29) is 25.3 Å².